The SMILES string of the molecule is CCNC(CCSC)c1cccc2c1OCCC2. The van der Waals surface area contributed by atoms with E-state index in [9.17, 15) is 0 Å². The van der Waals surface area contributed by atoms with Crippen LogP contribution in [0, 0.1) is 0 Å². The lowest BCUT2D eigenvalue weighted by molar-refractivity contribution is 0.281. The van der Waals surface area contributed by atoms with Crippen LogP contribution in [0.15, 0.2) is 18.2 Å². The summed E-state index contributed by atoms with van der Waals surface area (Å²) in [6.07, 6.45) is 5.63. The molecule has 0 fully saturated rings. The van der Waals surface area contributed by atoms with Crippen molar-refractivity contribution in [1.82, 2.24) is 5.32 Å². The normalized spacial score (nSPS) is 15.9. The minimum Gasteiger partial charge on any atom is -0.493 e. The molecular weight excluding hydrogens is 242 g/mol. The Morgan fingerprint density at radius 3 is 3.11 bits per heavy atom. The molecule has 2 rings (SSSR count). The number of hydrogen-bond acceptors (Lipinski definition) is 3. The first-order valence-corrected chi connectivity index (χ1v) is 8.23. The molecular formula is C15H23NOS. The van der Waals surface area contributed by atoms with Crippen molar-refractivity contribution in [3.05, 3.63) is 29.3 Å². The molecule has 1 aliphatic heterocycles. The Hall–Kier alpha value is -0.670. The predicted octanol–water partition coefficient (Wildman–Crippen LogP) is 3.42. The van der Waals surface area contributed by atoms with Gasteiger partial charge in [0.15, 0.2) is 0 Å². The third-order valence-corrected chi connectivity index (χ3v) is 4.04. The molecule has 1 aliphatic rings. The maximum absolute atomic E-state index is 5.92. The second kappa shape index (κ2) is 7.05. The molecule has 0 aromatic heterocycles. The van der Waals surface area contributed by atoms with Crippen molar-refractivity contribution in [3.63, 3.8) is 0 Å². The average Bonchev–Trinajstić information content (AvgIpc) is 2.43. The van der Waals surface area contributed by atoms with Crippen molar-refractivity contribution >= 4 is 11.8 Å². The Morgan fingerprint density at radius 1 is 1.44 bits per heavy atom. The highest BCUT2D eigenvalue weighted by Crippen LogP contribution is 2.34. The average molecular weight is 265 g/mol. The third-order valence-electron chi connectivity index (χ3n) is 3.40. The van der Waals surface area contributed by atoms with Gasteiger partial charge in [-0.2, -0.15) is 11.8 Å². The van der Waals surface area contributed by atoms with Crippen LogP contribution in [0.1, 0.15) is 36.9 Å². The summed E-state index contributed by atoms with van der Waals surface area (Å²) in [5, 5.41) is 3.59. The van der Waals surface area contributed by atoms with Crippen LogP contribution in [0.3, 0.4) is 0 Å². The second-order valence-corrected chi connectivity index (χ2v) is 5.66. The summed E-state index contributed by atoms with van der Waals surface area (Å²) in [5.74, 6) is 2.33. The van der Waals surface area contributed by atoms with Gasteiger partial charge in [0, 0.05) is 11.6 Å². The lowest BCUT2D eigenvalue weighted by Gasteiger charge is -2.25. The van der Waals surface area contributed by atoms with E-state index >= 15 is 0 Å². The Balaban J connectivity index is 2.22. The van der Waals surface area contributed by atoms with Gasteiger partial charge in [-0.3, -0.25) is 0 Å². The van der Waals surface area contributed by atoms with E-state index in [1.54, 1.807) is 0 Å². The van der Waals surface area contributed by atoms with Crippen LogP contribution >= 0.6 is 11.8 Å². The summed E-state index contributed by atoms with van der Waals surface area (Å²) in [4.78, 5) is 0. The van der Waals surface area contributed by atoms with Crippen molar-refractivity contribution < 1.29 is 4.74 Å². The molecule has 100 valence electrons. The van der Waals surface area contributed by atoms with Gasteiger partial charge in [-0.1, -0.05) is 25.1 Å². The van der Waals surface area contributed by atoms with Crippen molar-refractivity contribution in [2.24, 2.45) is 0 Å². The van der Waals surface area contributed by atoms with Gasteiger partial charge in [0.1, 0.15) is 5.75 Å². The third kappa shape index (κ3) is 3.21. The van der Waals surface area contributed by atoms with E-state index in [2.05, 4.69) is 36.7 Å². The zero-order valence-corrected chi connectivity index (χ0v) is 12.2. The van der Waals surface area contributed by atoms with Crippen molar-refractivity contribution in [2.45, 2.75) is 32.2 Å². The van der Waals surface area contributed by atoms with Crippen LogP contribution in [0.25, 0.3) is 0 Å². The topological polar surface area (TPSA) is 21.3 Å². The Kier molecular flexibility index (Phi) is 5.39. The summed E-state index contributed by atoms with van der Waals surface area (Å²) in [7, 11) is 0. The first kappa shape index (κ1) is 13.8. The molecule has 0 bridgehead atoms. The van der Waals surface area contributed by atoms with Crippen LogP contribution in [0.5, 0.6) is 5.75 Å². The number of fused-ring (bicyclic) bond motifs is 1. The van der Waals surface area contributed by atoms with Crippen LogP contribution in [-0.4, -0.2) is 25.2 Å². The molecule has 2 nitrogen and oxygen atoms in total. The molecule has 1 unspecified atom stereocenters. The summed E-state index contributed by atoms with van der Waals surface area (Å²) in [6, 6.07) is 7.02. The fourth-order valence-electron chi connectivity index (χ4n) is 2.54. The molecule has 0 saturated carbocycles. The molecule has 0 amide bonds. The molecule has 1 heterocycles. The van der Waals surface area contributed by atoms with Crippen LogP contribution in [0.2, 0.25) is 0 Å². The van der Waals surface area contributed by atoms with E-state index in [1.807, 2.05) is 11.8 Å². The van der Waals surface area contributed by atoms with Gasteiger partial charge in [0.2, 0.25) is 0 Å². The van der Waals surface area contributed by atoms with Crippen LogP contribution < -0.4 is 10.1 Å². The van der Waals surface area contributed by atoms with Gasteiger partial charge in [-0.25, -0.2) is 0 Å². The van der Waals surface area contributed by atoms with Gasteiger partial charge < -0.3 is 10.1 Å². The fourth-order valence-corrected chi connectivity index (χ4v) is 3.01. The first-order valence-electron chi connectivity index (χ1n) is 6.83. The Bertz CT molecular complexity index is 381. The van der Waals surface area contributed by atoms with Gasteiger partial charge in [-0.05, 0) is 43.4 Å². The lowest BCUT2D eigenvalue weighted by Crippen LogP contribution is -2.23. The minimum atomic E-state index is 0.426. The van der Waals surface area contributed by atoms with Gasteiger partial charge in [0.05, 0.1) is 6.61 Å². The molecule has 0 aliphatic carbocycles. The standard InChI is InChI=1S/C15H23NOS/c1-3-16-14(9-11-18-2)13-8-4-6-12-7-5-10-17-15(12)13/h4,6,8,14,16H,3,5,7,9-11H2,1-2H3. The van der Waals surface area contributed by atoms with E-state index in [-0.39, 0.29) is 0 Å². The smallest absolute Gasteiger partial charge is 0.127 e. The van der Waals surface area contributed by atoms with E-state index < -0.39 is 0 Å². The Labute approximate surface area is 114 Å². The predicted molar refractivity (Wildman–Crippen MR) is 79.7 cm³/mol. The lowest BCUT2D eigenvalue weighted by atomic mass is 9.96. The summed E-state index contributed by atoms with van der Waals surface area (Å²) < 4.78 is 5.92. The highest BCUT2D eigenvalue weighted by Gasteiger charge is 2.20. The van der Waals surface area contributed by atoms with E-state index in [0.29, 0.717) is 6.04 Å². The van der Waals surface area contributed by atoms with Crippen molar-refractivity contribution in [1.29, 1.82) is 0 Å². The number of hydrogen-bond donors (Lipinski definition) is 1. The van der Waals surface area contributed by atoms with Gasteiger partial charge in [-0.15, -0.1) is 0 Å². The molecule has 1 atom stereocenters. The molecule has 3 heteroatoms. The fraction of sp³-hybridized carbons (Fsp3) is 0.600. The number of nitrogens with one attached hydrogen (secondary N) is 1. The minimum absolute atomic E-state index is 0.426. The largest absolute Gasteiger partial charge is 0.493 e. The molecule has 1 aromatic rings. The molecule has 18 heavy (non-hydrogen) atoms. The van der Waals surface area contributed by atoms with Gasteiger partial charge >= 0.3 is 0 Å². The molecule has 1 N–H and O–H groups in total. The van der Waals surface area contributed by atoms with E-state index in [4.69, 9.17) is 4.74 Å². The maximum Gasteiger partial charge on any atom is 0.127 e. The van der Waals surface area contributed by atoms with Crippen LogP contribution in [-0.2, 0) is 6.42 Å². The first-order chi connectivity index (χ1) is 8.86. The maximum atomic E-state index is 5.92. The van der Waals surface area contributed by atoms with Crippen LogP contribution in [0.4, 0.5) is 0 Å². The Morgan fingerprint density at radius 2 is 2.33 bits per heavy atom. The van der Waals surface area contributed by atoms with Crippen molar-refractivity contribution in [2.75, 3.05) is 25.2 Å². The number of benzene rings is 1. The van der Waals surface area contributed by atoms with Crippen molar-refractivity contribution in [3.8, 4) is 5.75 Å². The molecule has 0 radical (unpaired) electrons. The second-order valence-electron chi connectivity index (χ2n) is 4.68. The monoisotopic (exact) mass is 265 g/mol. The number of aryl methyl sites for hydroxylation is 1. The number of thioether (sulfide) groups is 1. The van der Waals surface area contributed by atoms with E-state index in [1.165, 1.54) is 16.9 Å². The zero-order chi connectivity index (χ0) is 12.8. The highest BCUT2D eigenvalue weighted by atomic mass is 32.2. The summed E-state index contributed by atoms with van der Waals surface area (Å²) in [5.41, 5.74) is 2.73. The summed E-state index contributed by atoms with van der Waals surface area (Å²) >= 11 is 1.91. The molecule has 0 spiro atoms. The molecule has 0 saturated heterocycles. The van der Waals surface area contributed by atoms with E-state index in [0.717, 1.165) is 38.2 Å². The number of rotatable bonds is 6. The quantitative estimate of drug-likeness (QED) is 0.851. The zero-order valence-electron chi connectivity index (χ0n) is 11.4. The van der Waals surface area contributed by atoms with Gasteiger partial charge in [0.25, 0.3) is 0 Å². The highest BCUT2D eigenvalue weighted by molar-refractivity contribution is 7.98. The number of ether oxygens (including phenoxy) is 1. The number of para-hydroxylation sites is 1. The summed E-state index contributed by atoms with van der Waals surface area (Å²) in [6.45, 7) is 4.04. The molecule has 1 aromatic carbocycles.